The largest absolute Gasteiger partial charge is 0.394 e. The normalized spacial score (nSPS) is 16.2. The van der Waals surface area contributed by atoms with Gasteiger partial charge in [0, 0.05) is 12.9 Å². The van der Waals surface area contributed by atoms with E-state index < -0.39 is 19.2 Å². The Kier molecular flexibility index (Phi) is 5.03. The zero-order valence-corrected chi connectivity index (χ0v) is 10.8. The number of hydrogen-bond acceptors (Lipinski definition) is 6. The highest BCUT2D eigenvalue weighted by molar-refractivity contribution is 7.56. The SMILES string of the molecule is CP(=O)(O)CO[C@H](CO)Cn1ccc(N)nc1=O. The van der Waals surface area contributed by atoms with Crippen molar-refractivity contribution in [1.29, 1.82) is 0 Å². The van der Waals surface area contributed by atoms with Gasteiger partial charge in [0.2, 0.25) is 7.37 Å². The van der Waals surface area contributed by atoms with Crippen molar-refractivity contribution < 1.29 is 19.3 Å². The molecule has 0 saturated carbocycles. The summed E-state index contributed by atoms with van der Waals surface area (Å²) < 4.78 is 17.3. The van der Waals surface area contributed by atoms with Gasteiger partial charge in [-0.05, 0) is 6.07 Å². The van der Waals surface area contributed by atoms with Gasteiger partial charge in [0.1, 0.15) is 12.2 Å². The first-order valence-electron chi connectivity index (χ1n) is 5.16. The highest BCUT2D eigenvalue weighted by Gasteiger charge is 2.16. The molecule has 0 aliphatic rings. The molecule has 1 aromatic heterocycles. The Hall–Kier alpha value is -1.21. The average molecular weight is 277 g/mol. The molecule has 1 heterocycles. The van der Waals surface area contributed by atoms with Crippen LogP contribution in [0.25, 0.3) is 0 Å². The molecule has 0 aliphatic carbocycles. The molecule has 1 aromatic rings. The first kappa shape index (κ1) is 14.8. The fraction of sp³-hybridized carbons (Fsp3) is 0.556. The molecule has 0 spiro atoms. The van der Waals surface area contributed by atoms with Crippen LogP contribution >= 0.6 is 7.37 Å². The van der Waals surface area contributed by atoms with Gasteiger partial charge in [-0.15, -0.1) is 0 Å². The summed E-state index contributed by atoms with van der Waals surface area (Å²) in [6, 6.07) is 1.44. The Bertz CT molecular complexity index is 497. The van der Waals surface area contributed by atoms with Crippen molar-refractivity contribution in [3.05, 3.63) is 22.7 Å². The third kappa shape index (κ3) is 4.97. The predicted octanol–water partition coefficient (Wildman–Crippen LogP) is -0.939. The molecule has 1 rings (SSSR count). The molecular weight excluding hydrogens is 261 g/mol. The van der Waals surface area contributed by atoms with E-state index in [9.17, 15) is 9.36 Å². The number of aromatic nitrogens is 2. The van der Waals surface area contributed by atoms with Gasteiger partial charge in [0.15, 0.2) is 0 Å². The van der Waals surface area contributed by atoms with Crippen molar-refractivity contribution in [2.75, 3.05) is 25.4 Å². The van der Waals surface area contributed by atoms with Crippen LogP contribution in [0.3, 0.4) is 0 Å². The van der Waals surface area contributed by atoms with Gasteiger partial charge < -0.3 is 20.5 Å². The predicted molar refractivity (Wildman–Crippen MR) is 65.5 cm³/mol. The second-order valence-electron chi connectivity index (χ2n) is 3.94. The van der Waals surface area contributed by atoms with Gasteiger partial charge in [0.25, 0.3) is 0 Å². The van der Waals surface area contributed by atoms with Gasteiger partial charge in [0.05, 0.1) is 19.3 Å². The van der Waals surface area contributed by atoms with Crippen LogP contribution in [0.15, 0.2) is 17.1 Å². The maximum Gasteiger partial charge on any atom is 0.349 e. The molecule has 2 atom stereocenters. The van der Waals surface area contributed by atoms with Crippen molar-refractivity contribution in [2.24, 2.45) is 0 Å². The van der Waals surface area contributed by atoms with Crippen LogP contribution in [0, 0.1) is 0 Å². The molecule has 9 heteroatoms. The van der Waals surface area contributed by atoms with E-state index in [1.807, 2.05) is 0 Å². The topological polar surface area (TPSA) is 128 Å². The maximum atomic E-state index is 11.4. The van der Waals surface area contributed by atoms with Gasteiger partial charge in [-0.3, -0.25) is 9.13 Å². The average Bonchev–Trinajstić information content (AvgIpc) is 2.25. The van der Waals surface area contributed by atoms with Gasteiger partial charge >= 0.3 is 5.69 Å². The van der Waals surface area contributed by atoms with E-state index in [1.165, 1.54) is 16.8 Å². The van der Waals surface area contributed by atoms with Crippen molar-refractivity contribution in [3.63, 3.8) is 0 Å². The molecule has 0 amide bonds. The zero-order chi connectivity index (χ0) is 13.8. The monoisotopic (exact) mass is 277 g/mol. The molecule has 0 aliphatic heterocycles. The third-order valence-electron chi connectivity index (χ3n) is 2.05. The molecule has 4 N–H and O–H groups in total. The number of hydrogen-bond donors (Lipinski definition) is 3. The van der Waals surface area contributed by atoms with Crippen LogP contribution < -0.4 is 11.4 Å². The van der Waals surface area contributed by atoms with E-state index in [4.69, 9.17) is 20.5 Å². The fourth-order valence-electron chi connectivity index (χ4n) is 1.21. The summed E-state index contributed by atoms with van der Waals surface area (Å²) in [6.45, 7) is 0.803. The highest BCUT2D eigenvalue weighted by atomic mass is 31.2. The van der Waals surface area contributed by atoms with E-state index in [1.54, 1.807) is 0 Å². The number of rotatable bonds is 6. The quantitative estimate of drug-likeness (QED) is 0.572. The Labute approximate surface area is 103 Å². The molecule has 0 fully saturated rings. The van der Waals surface area contributed by atoms with Crippen molar-refractivity contribution in [1.82, 2.24) is 9.55 Å². The van der Waals surface area contributed by atoms with Gasteiger partial charge in [-0.1, -0.05) is 0 Å². The van der Waals surface area contributed by atoms with E-state index in [0.29, 0.717) is 0 Å². The minimum Gasteiger partial charge on any atom is -0.394 e. The minimum atomic E-state index is -3.31. The first-order valence-corrected chi connectivity index (χ1v) is 7.46. The summed E-state index contributed by atoms with van der Waals surface area (Å²) in [5.41, 5.74) is 4.76. The van der Waals surface area contributed by atoms with E-state index >= 15 is 0 Å². The molecule has 102 valence electrons. The Morgan fingerprint density at radius 1 is 1.67 bits per heavy atom. The number of nitrogen functional groups attached to an aromatic ring is 1. The van der Waals surface area contributed by atoms with Crippen LogP contribution in [0.5, 0.6) is 0 Å². The number of aliphatic hydroxyl groups excluding tert-OH is 1. The zero-order valence-electron chi connectivity index (χ0n) is 9.89. The van der Waals surface area contributed by atoms with Gasteiger partial charge in [-0.25, -0.2) is 4.79 Å². The number of nitrogens with two attached hydrogens (primary N) is 1. The van der Waals surface area contributed by atoms with Crippen molar-refractivity contribution in [2.45, 2.75) is 12.6 Å². The number of aliphatic hydroxyl groups is 1. The van der Waals surface area contributed by atoms with Crippen LogP contribution in [0.1, 0.15) is 0 Å². The summed E-state index contributed by atoms with van der Waals surface area (Å²) in [5.74, 6) is 0.103. The van der Waals surface area contributed by atoms with Crippen molar-refractivity contribution >= 4 is 13.2 Å². The molecule has 0 bridgehead atoms. The van der Waals surface area contributed by atoms with E-state index in [0.717, 1.165) is 6.66 Å². The summed E-state index contributed by atoms with van der Waals surface area (Å²) in [6.07, 6.45) is 0.282. The second-order valence-corrected chi connectivity index (χ2v) is 6.30. The molecule has 0 aromatic carbocycles. The minimum absolute atomic E-state index is 0.0304. The lowest BCUT2D eigenvalue weighted by Crippen LogP contribution is -2.32. The molecular formula is C9H16N3O5P. The highest BCUT2D eigenvalue weighted by Crippen LogP contribution is 2.35. The molecule has 0 radical (unpaired) electrons. The lowest BCUT2D eigenvalue weighted by atomic mass is 10.3. The molecule has 0 saturated heterocycles. The summed E-state index contributed by atoms with van der Waals surface area (Å²) >= 11 is 0. The Morgan fingerprint density at radius 3 is 2.83 bits per heavy atom. The standard InChI is InChI=1S/C9H16N3O5P/c1-18(15,16)6-17-7(5-13)4-12-3-2-8(10)11-9(12)14/h2-3,7,13H,4-6H2,1H3,(H,15,16)(H2,10,11,14)/t7-/m0/s1. The Balaban J connectivity index is 2.68. The molecule has 18 heavy (non-hydrogen) atoms. The lowest BCUT2D eigenvalue weighted by Gasteiger charge is -2.17. The van der Waals surface area contributed by atoms with Gasteiger partial charge in [-0.2, -0.15) is 4.98 Å². The first-order chi connectivity index (χ1) is 8.31. The lowest BCUT2D eigenvalue weighted by molar-refractivity contribution is 0.0225. The number of anilines is 1. The van der Waals surface area contributed by atoms with Crippen LogP contribution in [-0.4, -0.2) is 45.3 Å². The van der Waals surface area contributed by atoms with Crippen LogP contribution in [-0.2, 0) is 15.8 Å². The number of ether oxygens (including phenoxy) is 1. The maximum absolute atomic E-state index is 11.4. The fourth-order valence-corrected chi connectivity index (χ4v) is 1.69. The van der Waals surface area contributed by atoms with Crippen LogP contribution in [0.4, 0.5) is 5.82 Å². The van der Waals surface area contributed by atoms with Crippen molar-refractivity contribution in [3.8, 4) is 0 Å². The van der Waals surface area contributed by atoms with E-state index in [2.05, 4.69) is 4.98 Å². The Morgan fingerprint density at radius 2 is 2.33 bits per heavy atom. The third-order valence-corrected chi connectivity index (χ3v) is 2.68. The smallest absolute Gasteiger partial charge is 0.349 e. The molecule has 1 unspecified atom stereocenters. The summed E-state index contributed by atoms with van der Waals surface area (Å²) in [5, 5.41) is 9.07. The second kappa shape index (κ2) is 6.10. The van der Waals surface area contributed by atoms with E-state index in [-0.39, 0.29) is 25.3 Å². The van der Waals surface area contributed by atoms with Crippen LogP contribution in [0.2, 0.25) is 0 Å². The summed E-state index contributed by atoms with van der Waals surface area (Å²) in [7, 11) is -3.31. The molecule has 8 nitrogen and oxygen atoms in total. The number of nitrogens with zero attached hydrogens (tertiary/aromatic N) is 2. The summed E-state index contributed by atoms with van der Waals surface area (Å²) in [4.78, 5) is 24.0.